The van der Waals surface area contributed by atoms with Gasteiger partial charge in [0.25, 0.3) is 0 Å². The summed E-state index contributed by atoms with van der Waals surface area (Å²) in [4.78, 5) is 46.1. The summed E-state index contributed by atoms with van der Waals surface area (Å²) in [5.74, 6) is -2.78. The maximum absolute atomic E-state index is 14.4. The highest BCUT2D eigenvalue weighted by atomic mass is 16.5. The fourth-order valence-corrected chi connectivity index (χ4v) is 6.85. The van der Waals surface area contributed by atoms with Crippen LogP contribution in [0.3, 0.4) is 0 Å². The van der Waals surface area contributed by atoms with Crippen LogP contribution in [0.25, 0.3) is 6.08 Å². The van der Waals surface area contributed by atoms with Gasteiger partial charge >= 0.3 is 5.97 Å². The van der Waals surface area contributed by atoms with Crippen molar-refractivity contribution in [3.63, 3.8) is 0 Å². The second kappa shape index (κ2) is 10.1. The Labute approximate surface area is 244 Å². The Balaban J connectivity index is 1.32. The van der Waals surface area contributed by atoms with Crippen LogP contribution in [0.1, 0.15) is 33.9 Å². The summed E-state index contributed by atoms with van der Waals surface area (Å²) in [6.45, 7) is 3.87. The molecule has 0 spiro atoms. The smallest absolute Gasteiger partial charge is 0.330 e. The lowest BCUT2D eigenvalue weighted by molar-refractivity contribution is -0.151. The summed E-state index contributed by atoms with van der Waals surface area (Å²) >= 11 is 0. The Hall–Kier alpha value is -4.97. The minimum absolute atomic E-state index is 0.283. The number of esters is 1. The van der Waals surface area contributed by atoms with Gasteiger partial charge in [-0.15, -0.1) is 0 Å². The molecule has 2 saturated heterocycles. The molecule has 6 heteroatoms. The number of aryl methyl sites for hydroxylation is 2. The van der Waals surface area contributed by atoms with Crippen LogP contribution in [0.2, 0.25) is 0 Å². The van der Waals surface area contributed by atoms with Gasteiger partial charge in [-0.1, -0.05) is 109 Å². The molecule has 3 aliphatic rings. The van der Waals surface area contributed by atoms with E-state index in [9.17, 15) is 14.4 Å². The summed E-state index contributed by atoms with van der Waals surface area (Å²) in [5, 5.41) is 0. The van der Waals surface area contributed by atoms with Crippen molar-refractivity contribution in [1.82, 2.24) is 0 Å². The first kappa shape index (κ1) is 26.0. The molecule has 2 amide bonds. The van der Waals surface area contributed by atoms with Crippen LogP contribution >= 0.6 is 0 Å². The van der Waals surface area contributed by atoms with Gasteiger partial charge in [0.15, 0.2) is 6.10 Å². The SMILES string of the molecule is Cc1ccc(N2C(=O)[C@@H]3[C@@H](C2=O)[C@@H](C(=O)OC(c2ccccc2)c2ccccc2)N2c4ccccc4C=C[C@H]32)c(C)c1. The zero-order valence-electron chi connectivity index (χ0n) is 23.4. The number of amides is 2. The van der Waals surface area contributed by atoms with E-state index in [2.05, 4.69) is 0 Å². The number of hydrogen-bond acceptors (Lipinski definition) is 5. The molecule has 6 nitrogen and oxygen atoms in total. The fraction of sp³-hybridized carbons (Fsp3) is 0.194. The van der Waals surface area contributed by atoms with Crippen molar-refractivity contribution in [2.45, 2.75) is 32.0 Å². The van der Waals surface area contributed by atoms with Gasteiger partial charge in [-0.05, 0) is 48.2 Å². The number of imide groups is 1. The molecule has 0 aliphatic carbocycles. The van der Waals surface area contributed by atoms with Gasteiger partial charge < -0.3 is 9.64 Å². The summed E-state index contributed by atoms with van der Waals surface area (Å²) in [5.41, 5.74) is 5.85. The molecule has 2 fully saturated rings. The molecule has 3 aliphatic heterocycles. The third-order valence-corrected chi connectivity index (χ3v) is 8.69. The number of fused-ring (bicyclic) bond motifs is 5. The highest BCUT2D eigenvalue weighted by Gasteiger charge is 2.65. The zero-order valence-corrected chi connectivity index (χ0v) is 23.4. The van der Waals surface area contributed by atoms with E-state index in [0.717, 1.165) is 33.5 Å². The number of benzene rings is 4. The molecule has 7 rings (SSSR count). The van der Waals surface area contributed by atoms with Gasteiger partial charge in [0.05, 0.1) is 23.6 Å². The largest absolute Gasteiger partial charge is 0.451 e. The highest BCUT2D eigenvalue weighted by molar-refractivity contribution is 6.25. The van der Waals surface area contributed by atoms with E-state index in [1.54, 1.807) is 0 Å². The second-order valence-electron chi connectivity index (χ2n) is 11.3. The van der Waals surface area contributed by atoms with Crippen LogP contribution in [0.15, 0.2) is 109 Å². The molecule has 3 heterocycles. The van der Waals surface area contributed by atoms with Crippen LogP contribution in [0, 0.1) is 25.7 Å². The van der Waals surface area contributed by atoms with Crippen LogP contribution in [0.5, 0.6) is 0 Å². The summed E-state index contributed by atoms with van der Waals surface area (Å²) in [7, 11) is 0. The van der Waals surface area contributed by atoms with Crippen molar-refractivity contribution in [1.29, 1.82) is 0 Å². The van der Waals surface area contributed by atoms with Gasteiger partial charge in [-0.25, -0.2) is 9.69 Å². The number of para-hydroxylation sites is 1. The van der Waals surface area contributed by atoms with Gasteiger partial charge in [0.1, 0.15) is 6.04 Å². The summed E-state index contributed by atoms with van der Waals surface area (Å²) in [6, 6.07) is 31.2. The minimum Gasteiger partial charge on any atom is -0.451 e. The van der Waals surface area contributed by atoms with Crippen molar-refractivity contribution in [3.8, 4) is 0 Å². The first-order chi connectivity index (χ1) is 20.4. The van der Waals surface area contributed by atoms with Crippen molar-refractivity contribution < 1.29 is 19.1 Å². The molecule has 4 atom stereocenters. The molecule has 0 saturated carbocycles. The van der Waals surface area contributed by atoms with E-state index >= 15 is 0 Å². The molecule has 0 bridgehead atoms. The standard InChI is InChI=1S/C36H30N2O4/c1-22-17-19-27(23(2)21-22)38-34(39)30-29-20-18-24-11-9-10-16-28(24)37(29)32(31(30)35(38)40)36(41)42-33(25-12-5-3-6-13-25)26-14-7-4-8-15-26/h3-21,29-33H,1-2H3/t29-,30+,31-,32+/m1/s1. The second-order valence-corrected chi connectivity index (χ2v) is 11.3. The van der Waals surface area contributed by atoms with E-state index in [1.807, 2.05) is 134 Å². The molecule has 208 valence electrons. The zero-order chi connectivity index (χ0) is 29.0. The Bertz CT molecular complexity index is 1690. The van der Waals surface area contributed by atoms with Crippen molar-refractivity contribution in [3.05, 3.63) is 137 Å². The molecular formula is C36H30N2O4. The van der Waals surface area contributed by atoms with E-state index in [1.165, 1.54) is 4.90 Å². The lowest BCUT2D eigenvalue weighted by Crippen LogP contribution is -2.49. The number of anilines is 2. The monoisotopic (exact) mass is 554 g/mol. The molecule has 4 aromatic rings. The number of hydrogen-bond donors (Lipinski definition) is 0. The first-order valence-corrected chi connectivity index (χ1v) is 14.2. The maximum atomic E-state index is 14.4. The van der Waals surface area contributed by atoms with E-state index in [4.69, 9.17) is 4.74 Å². The van der Waals surface area contributed by atoms with Gasteiger partial charge in [-0.3, -0.25) is 9.59 Å². The van der Waals surface area contributed by atoms with E-state index < -0.39 is 36.0 Å². The summed E-state index contributed by atoms with van der Waals surface area (Å²) in [6.07, 6.45) is 3.27. The molecule has 0 unspecified atom stereocenters. The van der Waals surface area contributed by atoms with Gasteiger partial charge in [-0.2, -0.15) is 0 Å². The van der Waals surface area contributed by atoms with Crippen LogP contribution in [0.4, 0.5) is 11.4 Å². The van der Waals surface area contributed by atoms with Crippen LogP contribution in [-0.2, 0) is 19.1 Å². The van der Waals surface area contributed by atoms with E-state index in [0.29, 0.717) is 5.69 Å². The van der Waals surface area contributed by atoms with Gasteiger partial charge in [0.2, 0.25) is 11.8 Å². The van der Waals surface area contributed by atoms with Crippen molar-refractivity contribution in [2.24, 2.45) is 11.8 Å². The third kappa shape index (κ3) is 4.05. The molecule has 0 N–H and O–H groups in total. The quantitative estimate of drug-likeness (QED) is 0.223. The fourth-order valence-electron chi connectivity index (χ4n) is 6.85. The average Bonchev–Trinajstić information content (AvgIpc) is 3.49. The lowest BCUT2D eigenvalue weighted by atomic mass is 9.88. The number of ether oxygens (including phenoxy) is 1. The maximum Gasteiger partial charge on any atom is 0.330 e. The molecule has 4 aromatic carbocycles. The third-order valence-electron chi connectivity index (χ3n) is 8.69. The topological polar surface area (TPSA) is 66.9 Å². The molecule has 0 radical (unpaired) electrons. The van der Waals surface area contributed by atoms with E-state index in [-0.39, 0.29) is 11.8 Å². The van der Waals surface area contributed by atoms with Crippen molar-refractivity contribution >= 4 is 35.2 Å². The van der Waals surface area contributed by atoms with Crippen LogP contribution in [-0.4, -0.2) is 29.9 Å². The number of carbonyl (C=O) groups is 3. The normalized spacial score (nSPS) is 22.3. The lowest BCUT2D eigenvalue weighted by Gasteiger charge is -2.36. The van der Waals surface area contributed by atoms with Crippen molar-refractivity contribution in [2.75, 3.05) is 9.80 Å². The molecule has 42 heavy (non-hydrogen) atoms. The van der Waals surface area contributed by atoms with Crippen LogP contribution < -0.4 is 9.80 Å². The average molecular weight is 555 g/mol. The predicted octanol–water partition coefficient (Wildman–Crippen LogP) is 6.03. The molecular weight excluding hydrogens is 524 g/mol. The molecule has 0 aromatic heterocycles. The Morgan fingerprint density at radius 2 is 1.36 bits per heavy atom. The number of carbonyl (C=O) groups excluding carboxylic acids is 3. The Morgan fingerprint density at radius 1 is 0.738 bits per heavy atom. The highest BCUT2D eigenvalue weighted by Crippen LogP contribution is 2.50. The summed E-state index contributed by atoms with van der Waals surface area (Å²) < 4.78 is 6.36. The Kier molecular flexibility index (Phi) is 6.27. The number of nitrogens with zero attached hydrogens (tertiary/aromatic N) is 2. The Morgan fingerprint density at radius 3 is 2.02 bits per heavy atom. The predicted molar refractivity (Wildman–Crippen MR) is 162 cm³/mol. The minimum atomic E-state index is -0.978. The number of rotatable bonds is 5. The first-order valence-electron chi connectivity index (χ1n) is 14.2. The van der Waals surface area contributed by atoms with Gasteiger partial charge in [0, 0.05) is 5.69 Å².